The van der Waals surface area contributed by atoms with Crippen molar-refractivity contribution in [1.29, 1.82) is 0 Å². The van der Waals surface area contributed by atoms with Crippen molar-refractivity contribution in [3.8, 4) is 11.4 Å². The number of nitrogens with zero attached hydrogens (tertiary/aromatic N) is 4. The largest absolute Gasteiger partial charge is 0.345 e. The summed E-state index contributed by atoms with van der Waals surface area (Å²) in [7, 11) is 0. The Morgan fingerprint density at radius 3 is 2.89 bits per heavy atom. The van der Waals surface area contributed by atoms with Crippen LogP contribution in [-0.4, -0.2) is 42.9 Å². The molecular formula is C21H25N5O. The zero-order valence-electron chi connectivity index (χ0n) is 15.6. The second-order valence-corrected chi connectivity index (χ2v) is 7.09. The first kappa shape index (κ1) is 17.5. The molecule has 27 heavy (non-hydrogen) atoms. The molecule has 0 spiro atoms. The molecule has 1 aromatic carbocycles. The van der Waals surface area contributed by atoms with Gasteiger partial charge in [-0.05, 0) is 38.7 Å². The van der Waals surface area contributed by atoms with E-state index in [2.05, 4.69) is 24.4 Å². The molecule has 0 radical (unpaired) electrons. The Labute approximate surface area is 159 Å². The van der Waals surface area contributed by atoms with E-state index in [1.54, 1.807) is 12.4 Å². The molecular weight excluding hydrogens is 338 g/mol. The molecule has 0 bridgehead atoms. The van der Waals surface area contributed by atoms with Gasteiger partial charge in [0.05, 0.1) is 5.56 Å². The highest BCUT2D eigenvalue weighted by Gasteiger charge is 2.29. The molecule has 1 amide bonds. The van der Waals surface area contributed by atoms with Crippen molar-refractivity contribution in [1.82, 2.24) is 24.4 Å². The summed E-state index contributed by atoms with van der Waals surface area (Å²) in [5, 5.41) is 0. The van der Waals surface area contributed by atoms with Crippen molar-refractivity contribution in [2.75, 3.05) is 6.54 Å². The minimum absolute atomic E-state index is 0.106. The summed E-state index contributed by atoms with van der Waals surface area (Å²) in [6.45, 7) is 3.72. The van der Waals surface area contributed by atoms with Crippen molar-refractivity contribution in [3.63, 3.8) is 0 Å². The second kappa shape index (κ2) is 7.78. The number of carbonyl (C=O) groups excluding carboxylic acids is 1. The lowest BCUT2D eigenvalue weighted by atomic mass is 9.96. The van der Waals surface area contributed by atoms with Gasteiger partial charge in [-0.2, -0.15) is 0 Å². The van der Waals surface area contributed by atoms with Crippen LogP contribution in [-0.2, 0) is 6.54 Å². The van der Waals surface area contributed by atoms with Crippen LogP contribution in [0.15, 0.2) is 49.1 Å². The predicted molar refractivity (Wildman–Crippen MR) is 104 cm³/mol. The monoisotopic (exact) mass is 363 g/mol. The number of aromatic amines is 1. The Morgan fingerprint density at radius 2 is 2.11 bits per heavy atom. The van der Waals surface area contributed by atoms with E-state index in [4.69, 9.17) is 0 Å². The van der Waals surface area contributed by atoms with Gasteiger partial charge in [0, 0.05) is 49.5 Å². The highest BCUT2D eigenvalue weighted by molar-refractivity contribution is 6.00. The standard InChI is InChI=1S/C21H25N5O/c1-16-22-12-15-25(16)14-9-17-6-4-5-13-26(17)21(27)19-8-3-2-7-18(19)20-23-10-11-24-20/h2-3,7-8,10-12,15,17H,4-6,9,13-14H2,1H3,(H,23,24)/t17-/m1/s1. The number of H-pyrrole nitrogens is 1. The minimum Gasteiger partial charge on any atom is -0.345 e. The molecule has 1 aliphatic heterocycles. The molecule has 1 atom stereocenters. The van der Waals surface area contributed by atoms with Crippen LogP contribution >= 0.6 is 0 Å². The van der Waals surface area contributed by atoms with Gasteiger partial charge in [-0.15, -0.1) is 0 Å². The van der Waals surface area contributed by atoms with E-state index in [0.29, 0.717) is 0 Å². The number of hydrogen-bond acceptors (Lipinski definition) is 3. The van der Waals surface area contributed by atoms with Crippen molar-refractivity contribution in [3.05, 3.63) is 60.4 Å². The number of imidazole rings is 2. The van der Waals surface area contributed by atoms with Crippen LogP contribution in [0.2, 0.25) is 0 Å². The molecule has 4 rings (SSSR count). The van der Waals surface area contributed by atoms with Gasteiger partial charge in [0.1, 0.15) is 11.6 Å². The average Bonchev–Trinajstić information content (AvgIpc) is 3.38. The number of piperidine rings is 1. The van der Waals surface area contributed by atoms with Crippen LogP contribution in [0.5, 0.6) is 0 Å². The van der Waals surface area contributed by atoms with Gasteiger partial charge in [-0.25, -0.2) is 9.97 Å². The molecule has 1 fully saturated rings. The number of benzene rings is 1. The molecule has 0 aliphatic carbocycles. The van der Waals surface area contributed by atoms with E-state index in [9.17, 15) is 4.79 Å². The third kappa shape index (κ3) is 3.65. The maximum absolute atomic E-state index is 13.4. The van der Waals surface area contributed by atoms with Gasteiger partial charge in [0.15, 0.2) is 0 Å². The quantitative estimate of drug-likeness (QED) is 0.752. The summed E-state index contributed by atoms with van der Waals surface area (Å²) in [6.07, 6.45) is 11.6. The van der Waals surface area contributed by atoms with E-state index >= 15 is 0 Å². The molecule has 3 aromatic rings. The normalized spacial score (nSPS) is 17.2. The lowest BCUT2D eigenvalue weighted by Crippen LogP contribution is -2.44. The van der Waals surface area contributed by atoms with E-state index < -0.39 is 0 Å². The number of rotatable bonds is 5. The van der Waals surface area contributed by atoms with Crippen LogP contribution in [0.3, 0.4) is 0 Å². The smallest absolute Gasteiger partial charge is 0.254 e. The summed E-state index contributed by atoms with van der Waals surface area (Å²) < 4.78 is 2.16. The fraction of sp³-hybridized carbons (Fsp3) is 0.381. The summed E-state index contributed by atoms with van der Waals surface area (Å²) in [6, 6.07) is 8.00. The molecule has 0 saturated carbocycles. The molecule has 3 heterocycles. The molecule has 6 nitrogen and oxygen atoms in total. The number of hydrogen-bond donors (Lipinski definition) is 1. The summed E-state index contributed by atoms with van der Waals surface area (Å²) in [4.78, 5) is 27.2. The first-order chi connectivity index (χ1) is 13.2. The van der Waals surface area contributed by atoms with Crippen molar-refractivity contribution in [2.45, 2.75) is 45.2 Å². The highest BCUT2D eigenvalue weighted by atomic mass is 16.2. The maximum atomic E-state index is 13.4. The summed E-state index contributed by atoms with van der Waals surface area (Å²) in [5.41, 5.74) is 1.58. The number of carbonyl (C=O) groups is 1. The molecule has 140 valence electrons. The molecule has 1 aliphatic rings. The third-order valence-corrected chi connectivity index (χ3v) is 5.43. The van der Waals surface area contributed by atoms with Gasteiger partial charge in [-0.3, -0.25) is 4.79 Å². The van der Waals surface area contributed by atoms with E-state index in [0.717, 1.165) is 55.1 Å². The topological polar surface area (TPSA) is 66.8 Å². The van der Waals surface area contributed by atoms with E-state index in [1.165, 1.54) is 6.42 Å². The van der Waals surface area contributed by atoms with Crippen LogP contribution in [0.25, 0.3) is 11.4 Å². The lowest BCUT2D eigenvalue weighted by molar-refractivity contribution is 0.0596. The molecule has 6 heteroatoms. The van der Waals surface area contributed by atoms with Gasteiger partial charge < -0.3 is 14.5 Å². The maximum Gasteiger partial charge on any atom is 0.254 e. The van der Waals surface area contributed by atoms with Gasteiger partial charge in [0.25, 0.3) is 5.91 Å². The number of aromatic nitrogens is 4. The van der Waals surface area contributed by atoms with E-state index in [1.807, 2.05) is 43.6 Å². The van der Waals surface area contributed by atoms with Crippen molar-refractivity contribution in [2.24, 2.45) is 0 Å². The van der Waals surface area contributed by atoms with E-state index in [-0.39, 0.29) is 11.9 Å². The Hall–Kier alpha value is -2.89. The molecule has 2 aromatic heterocycles. The number of likely N-dealkylation sites (tertiary alicyclic amines) is 1. The van der Waals surface area contributed by atoms with Gasteiger partial charge in [-0.1, -0.05) is 18.2 Å². The molecule has 1 N–H and O–H groups in total. The Balaban J connectivity index is 1.55. The van der Waals surface area contributed by atoms with Crippen LogP contribution in [0.1, 0.15) is 41.9 Å². The average molecular weight is 363 g/mol. The van der Waals surface area contributed by atoms with Gasteiger partial charge in [0.2, 0.25) is 0 Å². The predicted octanol–water partition coefficient (Wildman–Crippen LogP) is 3.67. The third-order valence-electron chi connectivity index (χ3n) is 5.43. The zero-order valence-corrected chi connectivity index (χ0v) is 15.6. The van der Waals surface area contributed by atoms with Crippen molar-refractivity contribution >= 4 is 5.91 Å². The first-order valence-electron chi connectivity index (χ1n) is 9.61. The Morgan fingerprint density at radius 1 is 1.22 bits per heavy atom. The van der Waals surface area contributed by atoms with Gasteiger partial charge >= 0.3 is 0 Å². The number of amides is 1. The fourth-order valence-corrected chi connectivity index (χ4v) is 3.94. The summed E-state index contributed by atoms with van der Waals surface area (Å²) in [5.74, 6) is 1.86. The lowest BCUT2D eigenvalue weighted by Gasteiger charge is -2.36. The Bertz CT molecular complexity index is 899. The zero-order chi connectivity index (χ0) is 18.6. The van der Waals surface area contributed by atoms with Crippen LogP contribution in [0, 0.1) is 6.92 Å². The molecule has 1 saturated heterocycles. The van der Waals surface area contributed by atoms with Crippen molar-refractivity contribution < 1.29 is 4.79 Å². The van der Waals surface area contributed by atoms with Crippen LogP contribution < -0.4 is 0 Å². The number of nitrogens with one attached hydrogen (secondary N) is 1. The SMILES string of the molecule is Cc1nccn1CC[C@H]1CCCCN1C(=O)c1ccccc1-c1ncc[nH]1. The summed E-state index contributed by atoms with van der Waals surface area (Å²) >= 11 is 0. The minimum atomic E-state index is 0.106. The number of aryl methyl sites for hydroxylation is 2. The Kier molecular flexibility index (Phi) is 5.05. The molecule has 0 unspecified atom stereocenters. The van der Waals surface area contributed by atoms with Crippen LogP contribution in [0.4, 0.5) is 0 Å². The highest BCUT2D eigenvalue weighted by Crippen LogP contribution is 2.27. The second-order valence-electron chi connectivity index (χ2n) is 7.09. The first-order valence-corrected chi connectivity index (χ1v) is 9.61. The fourth-order valence-electron chi connectivity index (χ4n) is 3.94.